The molecule has 0 unspecified atom stereocenters. The number of esters is 1. The van der Waals surface area contributed by atoms with Crippen molar-refractivity contribution in [2.24, 2.45) is 5.73 Å². The summed E-state index contributed by atoms with van der Waals surface area (Å²) in [6.45, 7) is 1.52. The highest BCUT2D eigenvalue weighted by Gasteiger charge is 2.23. The molecule has 0 bridgehead atoms. The van der Waals surface area contributed by atoms with Crippen molar-refractivity contribution >= 4 is 34.8 Å². The van der Waals surface area contributed by atoms with E-state index in [1.54, 1.807) is 12.1 Å². The van der Waals surface area contributed by atoms with Crippen LogP contribution in [0.25, 0.3) is 0 Å². The summed E-state index contributed by atoms with van der Waals surface area (Å²) in [5, 5.41) is 2.64. The number of thiophene rings is 1. The lowest BCUT2D eigenvalue weighted by molar-refractivity contribution is -0.123. The van der Waals surface area contributed by atoms with Crippen LogP contribution in [0.4, 0.5) is 5.69 Å². The van der Waals surface area contributed by atoms with Gasteiger partial charge in [-0.1, -0.05) is 0 Å². The van der Waals surface area contributed by atoms with Crippen LogP contribution in [0.2, 0.25) is 0 Å². The summed E-state index contributed by atoms with van der Waals surface area (Å²) in [5.74, 6) is -1.46. The summed E-state index contributed by atoms with van der Waals surface area (Å²) in [4.78, 5) is 37.2. The van der Waals surface area contributed by atoms with Gasteiger partial charge < -0.3 is 15.8 Å². The third-order valence-corrected chi connectivity index (χ3v) is 5.25. The molecule has 1 aromatic carbocycles. The number of fused-ring (bicyclic) bond motifs is 1. The molecule has 1 aliphatic carbocycles. The minimum Gasteiger partial charge on any atom is -0.448 e. The third kappa shape index (κ3) is 3.88. The molecule has 0 aliphatic heterocycles. The number of carbonyl (C=O) groups excluding carboxylic acids is 3. The van der Waals surface area contributed by atoms with Crippen molar-refractivity contribution in [1.82, 2.24) is 0 Å². The standard InChI is InChI=1S/C18H18N2O4S/c1-10(17(22)20-13-7-5-11(6-8-13)16(19)21)24-18(23)15-9-12-3-2-4-14(12)25-15/h5-10H,2-4H2,1H3,(H2,19,21)(H,20,22)/t10-/m0/s1. The van der Waals surface area contributed by atoms with Crippen LogP contribution in [0, 0.1) is 0 Å². The molecule has 0 fully saturated rings. The van der Waals surface area contributed by atoms with Gasteiger partial charge >= 0.3 is 5.97 Å². The van der Waals surface area contributed by atoms with Gasteiger partial charge in [-0.05, 0) is 62.1 Å². The van der Waals surface area contributed by atoms with E-state index < -0.39 is 23.9 Å². The molecule has 130 valence electrons. The van der Waals surface area contributed by atoms with Gasteiger partial charge in [-0.25, -0.2) is 4.79 Å². The average Bonchev–Trinajstić information content (AvgIpc) is 3.16. The second kappa shape index (κ2) is 7.06. The van der Waals surface area contributed by atoms with Gasteiger partial charge in [-0.2, -0.15) is 0 Å². The molecule has 2 amide bonds. The summed E-state index contributed by atoms with van der Waals surface area (Å²) < 4.78 is 5.25. The van der Waals surface area contributed by atoms with E-state index in [-0.39, 0.29) is 0 Å². The Morgan fingerprint density at radius 1 is 1.20 bits per heavy atom. The second-order valence-corrected chi connectivity index (χ2v) is 7.03. The second-order valence-electron chi connectivity index (χ2n) is 5.89. The molecule has 2 aromatic rings. The largest absolute Gasteiger partial charge is 0.448 e. The average molecular weight is 358 g/mol. The Hall–Kier alpha value is -2.67. The fourth-order valence-corrected chi connectivity index (χ4v) is 3.80. The van der Waals surface area contributed by atoms with Crippen molar-refractivity contribution < 1.29 is 19.1 Å². The van der Waals surface area contributed by atoms with Gasteiger partial charge in [0.2, 0.25) is 5.91 Å². The highest BCUT2D eigenvalue weighted by molar-refractivity contribution is 7.14. The molecule has 25 heavy (non-hydrogen) atoms. The Balaban J connectivity index is 1.58. The molecule has 1 atom stereocenters. The lowest BCUT2D eigenvalue weighted by atomic mass is 10.2. The van der Waals surface area contributed by atoms with Crippen LogP contribution in [0.1, 0.15) is 43.8 Å². The zero-order chi connectivity index (χ0) is 18.0. The fraction of sp³-hybridized carbons (Fsp3) is 0.278. The molecule has 0 spiro atoms. The monoisotopic (exact) mass is 358 g/mol. The normalized spacial score (nSPS) is 13.8. The van der Waals surface area contributed by atoms with E-state index in [1.807, 2.05) is 6.07 Å². The maximum atomic E-state index is 12.2. The summed E-state index contributed by atoms with van der Waals surface area (Å²) >= 11 is 1.44. The van der Waals surface area contributed by atoms with Crippen LogP contribution in [-0.2, 0) is 22.4 Å². The van der Waals surface area contributed by atoms with Gasteiger partial charge in [0.05, 0.1) is 0 Å². The van der Waals surface area contributed by atoms with E-state index in [2.05, 4.69) is 5.32 Å². The Morgan fingerprint density at radius 2 is 1.92 bits per heavy atom. The van der Waals surface area contributed by atoms with E-state index in [4.69, 9.17) is 10.5 Å². The van der Waals surface area contributed by atoms with Gasteiger partial charge in [0.25, 0.3) is 5.91 Å². The predicted molar refractivity (Wildman–Crippen MR) is 94.8 cm³/mol. The number of nitrogens with one attached hydrogen (secondary N) is 1. The first-order valence-electron chi connectivity index (χ1n) is 7.97. The topological polar surface area (TPSA) is 98.5 Å². The summed E-state index contributed by atoms with van der Waals surface area (Å²) in [6.07, 6.45) is 2.20. The summed E-state index contributed by atoms with van der Waals surface area (Å²) in [5.41, 5.74) is 7.22. The molecule has 7 heteroatoms. The van der Waals surface area contributed by atoms with Crippen molar-refractivity contribution in [3.8, 4) is 0 Å². The maximum Gasteiger partial charge on any atom is 0.349 e. The first-order chi connectivity index (χ1) is 11.9. The highest BCUT2D eigenvalue weighted by Crippen LogP contribution is 2.31. The maximum absolute atomic E-state index is 12.2. The van der Waals surface area contributed by atoms with Crippen LogP contribution >= 0.6 is 11.3 Å². The molecule has 0 saturated carbocycles. The molecular formula is C18H18N2O4S. The lowest BCUT2D eigenvalue weighted by Gasteiger charge is -2.13. The number of rotatable bonds is 5. The number of benzene rings is 1. The molecule has 3 rings (SSSR count). The molecule has 0 saturated heterocycles. The van der Waals surface area contributed by atoms with Crippen molar-refractivity contribution in [3.05, 3.63) is 51.2 Å². The number of anilines is 1. The number of amides is 2. The van der Waals surface area contributed by atoms with Crippen molar-refractivity contribution in [2.45, 2.75) is 32.3 Å². The number of aryl methyl sites for hydroxylation is 2. The number of nitrogens with two attached hydrogens (primary N) is 1. The number of primary amides is 1. The van der Waals surface area contributed by atoms with E-state index in [1.165, 1.54) is 40.8 Å². The van der Waals surface area contributed by atoms with Crippen LogP contribution in [-0.4, -0.2) is 23.9 Å². The molecule has 0 radical (unpaired) electrons. The molecule has 1 aliphatic rings. The Bertz CT molecular complexity index is 805. The smallest absolute Gasteiger partial charge is 0.349 e. The number of ether oxygens (including phenoxy) is 1. The summed E-state index contributed by atoms with van der Waals surface area (Å²) in [6, 6.07) is 8.03. The van der Waals surface area contributed by atoms with Crippen LogP contribution in [0.5, 0.6) is 0 Å². The zero-order valence-corrected chi connectivity index (χ0v) is 14.5. The molecule has 1 heterocycles. The third-order valence-electron chi connectivity index (χ3n) is 4.04. The Labute approximate surface area is 149 Å². The van der Waals surface area contributed by atoms with E-state index in [9.17, 15) is 14.4 Å². The highest BCUT2D eigenvalue weighted by atomic mass is 32.1. The molecule has 6 nitrogen and oxygen atoms in total. The van der Waals surface area contributed by atoms with Crippen LogP contribution < -0.4 is 11.1 Å². The van der Waals surface area contributed by atoms with E-state index in [0.29, 0.717) is 16.1 Å². The minimum absolute atomic E-state index is 0.350. The van der Waals surface area contributed by atoms with E-state index >= 15 is 0 Å². The number of hydrogen-bond acceptors (Lipinski definition) is 5. The first-order valence-corrected chi connectivity index (χ1v) is 8.79. The van der Waals surface area contributed by atoms with Gasteiger partial charge in [0.15, 0.2) is 6.10 Å². The number of carbonyl (C=O) groups is 3. The van der Waals surface area contributed by atoms with Crippen molar-refractivity contribution in [3.63, 3.8) is 0 Å². The van der Waals surface area contributed by atoms with Crippen molar-refractivity contribution in [1.29, 1.82) is 0 Å². The molecule has 1 aromatic heterocycles. The fourth-order valence-electron chi connectivity index (χ4n) is 2.66. The Kier molecular flexibility index (Phi) is 4.85. The van der Waals surface area contributed by atoms with Gasteiger partial charge in [0, 0.05) is 16.1 Å². The molecular weight excluding hydrogens is 340 g/mol. The van der Waals surface area contributed by atoms with E-state index in [0.717, 1.165) is 19.3 Å². The number of hydrogen-bond donors (Lipinski definition) is 2. The lowest BCUT2D eigenvalue weighted by Crippen LogP contribution is -2.29. The van der Waals surface area contributed by atoms with Crippen LogP contribution in [0.15, 0.2) is 30.3 Å². The van der Waals surface area contributed by atoms with Gasteiger partial charge in [-0.15, -0.1) is 11.3 Å². The predicted octanol–water partition coefficient (Wildman–Crippen LogP) is 2.52. The molecule has 3 N–H and O–H groups in total. The van der Waals surface area contributed by atoms with Crippen molar-refractivity contribution in [2.75, 3.05) is 5.32 Å². The quantitative estimate of drug-likeness (QED) is 0.802. The SMILES string of the molecule is C[C@H](OC(=O)c1cc2c(s1)CCC2)C(=O)Nc1ccc(C(N)=O)cc1. The van der Waals surface area contributed by atoms with Gasteiger partial charge in [0.1, 0.15) is 4.88 Å². The Morgan fingerprint density at radius 3 is 2.56 bits per heavy atom. The van der Waals surface area contributed by atoms with Crippen LogP contribution in [0.3, 0.4) is 0 Å². The summed E-state index contributed by atoms with van der Waals surface area (Å²) in [7, 11) is 0. The zero-order valence-electron chi connectivity index (χ0n) is 13.7. The first kappa shape index (κ1) is 17.2. The van der Waals surface area contributed by atoms with Gasteiger partial charge in [-0.3, -0.25) is 9.59 Å². The minimum atomic E-state index is -0.930.